The molecule has 424 valence electrons. The Balaban J connectivity index is 3.42. The van der Waals surface area contributed by atoms with Crippen LogP contribution in [0, 0.1) is 0 Å². The monoisotopic (exact) mass is 1010 g/mol. The highest BCUT2D eigenvalue weighted by molar-refractivity contribution is 5.76. The summed E-state index contributed by atoms with van der Waals surface area (Å²) in [4.78, 5) is 24.5. The molecule has 3 N–H and O–H groups in total. The van der Waals surface area contributed by atoms with Gasteiger partial charge in [-0.3, -0.25) is 9.59 Å². The van der Waals surface area contributed by atoms with Gasteiger partial charge in [-0.25, -0.2) is 0 Å². The molecule has 0 fully saturated rings. The second kappa shape index (κ2) is 61.6. The van der Waals surface area contributed by atoms with Crippen LogP contribution in [0.25, 0.3) is 0 Å². The zero-order valence-corrected chi connectivity index (χ0v) is 48.4. The first-order valence-electron chi connectivity index (χ1n) is 32.3. The molecule has 0 spiro atoms. The third-order valence-electron chi connectivity index (χ3n) is 14.9. The summed E-state index contributed by atoms with van der Waals surface area (Å²) in [5.74, 6) is -0.0653. The number of unbranched alkanes of at least 4 members (excludes halogenated alkanes) is 45. The zero-order valence-electron chi connectivity index (χ0n) is 48.4. The van der Waals surface area contributed by atoms with Crippen molar-refractivity contribution < 1.29 is 24.5 Å². The van der Waals surface area contributed by atoms with E-state index in [2.05, 4.69) is 43.5 Å². The minimum Gasteiger partial charge on any atom is -0.466 e. The molecule has 0 aromatic heterocycles. The molecule has 0 aliphatic carbocycles. The van der Waals surface area contributed by atoms with Gasteiger partial charge in [0.2, 0.25) is 5.91 Å². The summed E-state index contributed by atoms with van der Waals surface area (Å²) in [7, 11) is 0. The van der Waals surface area contributed by atoms with Gasteiger partial charge in [0.15, 0.2) is 0 Å². The number of hydrogen-bond acceptors (Lipinski definition) is 5. The summed E-state index contributed by atoms with van der Waals surface area (Å²) >= 11 is 0. The van der Waals surface area contributed by atoms with Crippen LogP contribution in [0.2, 0.25) is 0 Å². The van der Waals surface area contributed by atoms with E-state index in [9.17, 15) is 19.8 Å². The van der Waals surface area contributed by atoms with Crippen molar-refractivity contribution in [3.05, 3.63) is 36.5 Å². The molecule has 0 aliphatic rings. The SMILES string of the molecule is CCCCCCCC/C=C\CCCCCCCCCC(=O)OCCCCCCCCCCCCCC/C=C\CCCCCCCCCC(=O)NC(CO)C(O)/C=C/CCCCCCCCCCCCCCC. The van der Waals surface area contributed by atoms with Crippen molar-refractivity contribution in [1.82, 2.24) is 5.32 Å². The molecule has 1 amide bonds. The Kier molecular flexibility index (Phi) is 60.0. The van der Waals surface area contributed by atoms with Crippen molar-refractivity contribution in [2.75, 3.05) is 13.2 Å². The maximum atomic E-state index is 12.5. The van der Waals surface area contributed by atoms with E-state index in [1.165, 1.54) is 270 Å². The summed E-state index contributed by atoms with van der Waals surface area (Å²) in [6, 6.07) is -0.632. The minimum atomic E-state index is -0.848. The predicted molar refractivity (Wildman–Crippen MR) is 315 cm³/mol. The van der Waals surface area contributed by atoms with Gasteiger partial charge < -0.3 is 20.3 Å². The minimum absolute atomic E-state index is 0.00778. The molecule has 0 aromatic carbocycles. The molecule has 2 unspecified atom stereocenters. The van der Waals surface area contributed by atoms with Gasteiger partial charge in [-0.2, -0.15) is 0 Å². The van der Waals surface area contributed by atoms with Gasteiger partial charge in [-0.05, 0) is 83.5 Å². The smallest absolute Gasteiger partial charge is 0.305 e. The van der Waals surface area contributed by atoms with Crippen LogP contribution in [0.4, 0.5) is 0 Å². The number of amides is 1. The molecule has 0 radical (unpaired) electrons. The van der Waals surface area contributed by atoms with Gasteiger partial charge in [0.05, 0.1) is 25.4 Å². The summed E-state index contributed by atoms with van der Waals surface area (Å²) in [5.41, 5.74) is 0. The normalized spacial score (nSPS) is 12.8. The Bertz CT molecular complexity index is 1170. The second-order valence-corrected chi connectivity index (χ2v) is 22.1. The first-order valence-corrected chi connectivity index (χ1v) is 32.3. The lowest BCUT2D eigenvalue weighted by Crippen LogP contribution is -2.45. The first-order chi connectivity index (χ1) is 35.5. The van der Waals surface area contributed by atoms with E-state index in [0.29, 0.717) is 19.4 Å². The summed E-state index contributed by atoms with van der Waals surface area (Å²) in [6.45, 7) is 4.91. The third kappa shape index (κ3) is 57.4. The van der Waals surface area contributed by atoms with Crippen molar-refractivity contribution in [2.24, 2.45) is 0 Å². The fourth-order valence-corrected chi connectivity index (χ4v) is 9.92. The number of hydrogen-bond donors (Lipinski definition) is 3. The van der Waals surface area contributed by atoms with Gasteiger partial charge in [-0.15, -0.1) is 0 Å². The van der Waals surface area contributed by atoms with Gasteiger partial charge in [0.25, 0.3) is 0 Å². The number of rotatable bonds is 60. The molecule has 0 rings (SSSR count). The van der Waals surface area contributed by atoms with E-state index in [1.54, 1.807) is 6.08 Å². The molecule has 2 atom stereocenters. The van der Waals surface area contributed by atoms with Crippen LogP contribution in [0.15, 0.2) is 36.5 Å². The average Bonchev–Trinajstić information content (AvgIpc) is 3.38. The van der Waals surface area contributed by atoms with Crippen molar-refractivity contribution in [3.8, 4) is 0 Å². The standard InChI is InChI=1S/C66H125NO5/c1-3-5-7-9-11-13-15-17-19-27-32-36-40-44-48-52-56-60-66(71)72-61-57-53-49-45-41-37-33-29-26-24-22-20-21-23-25-28-31-35-39-43-47-51-55-59-65(70)67-63(62-68)64(69)58-54-50-46-42-38-34-30-18-16-14-12-10-8-6-4-2/h17,19,23,25,54,58,63-64,68-69H,3-16,18,20-22,24,26-53,55-57,59-62H2,1-2H3,(H,67,70)/b19-17-,25-23-,58-54+. The number of carbonyl (C=O) groups excluding carboxylic acids is 2. The topological polar surface area (TPSA) is 95.9 Å². The van der Waals surface area contributed by atoms with E-state index < -0.39 is 12.1 Å². The Morgan fingerprint density at radius 1 is 0.375 bits per heavy atom. The van der Waals surface area contributed by atoms with E-state index in [1.807, 2.05) is 6.08 Å². The van der Waals surface area contributed by atoms with Gasteiger partial charge in [-0.1, -0.05) is 288 Å². The molecule has 72 heavy (non-hydrogen) atoms. The van der Waals surface area contributed by atoms with Crippen LogP contribution >= 0.6 is 0 Å². The number of aliphatic hydroxyl groups excluding tert-OH is 2. The van der Waals surface area contributed by atoms with Crippen molar-refractivity contribution in [1.29, 1.82) is 0 Å². The van der Waals surface area contributed by atoms with Crippen LogP contribution < -0.4 is 5.32 Å². The molecule has 6 nitrogen and oxygen atoms in total. The Labute approximate surface area is 449 Å². The van der Waals surface area contributed by atoms with Crippen LogP contribution in [-0.2, 0) is 14.3 Å². The maximum Gasteiger partial charge on any atom is 0.305 e. The molecule has 0 saturated heterocycles. The third-order valence-corrected chi connectivity index (χ3v) is 14.9. The lowest BCUT2D eigenvalue weighted by atomic mass is 10.0. The number of esters is 1. The number of nitrogens with one attached hydrogen (secondary N) is 1. The van der Waals surface area contributed by atoms with Gasteiger partial charge in [0.1, 0.15) is 0 Å². The number of aliphatic hydroxyl groups is 2. The molecule has 0 aromatic rings. The Morgan fingerprint density at radius 3 is 0.986 bits per heavy atom. The summed E-state index contributed by atoms with van der Waals surface area (Å²) in [5, 5.41) is 23.1. The number of ether oxygens (including phenoxy) is 1. The van der Waals surface area contributed by atoms with Gasteiger partial charge in [0, 0.05) is 12.8 Å². The Hall–Kier alpha value is -1.92. The quantitative estimate of drug-likeness (QED) is 0.0320. The molecular formula is C66H125NO5. The molecule has 0 bridgehead atoms. The highest BCUT2D eigenvalue weighted by atomic mass is 16.5. The van der Waals surface area contributed by atoms with Crippen LogP contribution in [0.5, 0.6) is 0 Å². The van der Waals surface area contributed by atoms with E-state index in [0.717, 1.165) is 51.4 Å². The fourth-order valence-electron chi connectivity index (χ4n) is 9.92. The molecule has 0 heterocycles. The fraction of sp³-hybridized carbons (Fsp3) is 0.879. The van der Waals surface area contributed by atoms with E-state index >= 15 is 0 Å². The lowest BCUT2D eigenvalue weighted by molar-refractivity contribution is -0.143. The first kappa shape index (κ1) is 70.1. The van der Waals surface area contributed by atoms with E-state index in [4.69, 9.17) is 4.74 Å². The number of allylic oxidation sites excluding steroid dienone is 5. The molecule has 0 saturated carbocycles. The highest BCUT2D eigenvalue weighted by Crippen LogP contribution is 2.17. The lowest BCUT2D eigenvalue weighted by Gasteiger charge is -2.20. The summed E-state index contributed by atoms with van der Waals surface area (Å²) < 4.78 is 5.49. The molecule has 6 heteroatoms. The van der Waals surface area contributed by atoms with Crippen LogP contribution in [0.3, 0.4) is 0 Å². The van der Waals surface area contributed by atoms with Crippen LogP contribution in [0.1, 0.15) is 348 Å². The predicted octanol–water partition coefficient (Wildman–Crippen LogP) is 20.4. The maximum absolute atomic E-state index is 12.5. The van der Waals surface area contributed by atoms with Crippen molar-refractivity contribution in [2.45, 2.75) is 360 Å². The summed E-state index contributed by atoms with van der Waals surface area (Å²) in [6.07, 6.45) is 77.6. The van der Waals surface area contributed by atoms with E-state index in [-0.39, 0.29) is 18.5 Å². The van der Waals surface area contributed by atoms with Crippen molar-refractivity contribution in [3.63, 3.8) is 0 Å². The van der Waals surface area contributed by atoms with Gasteiger partial charge >= 0.3 is 5.97 Å². The van der Waals surface area contributed by atoms with Crippen molar-refractivity contribution >= 4 is 11.9 Å². The molecule has 0 aliphatic heterocycles. The second-order valence-electron chi connectivity index (χ2n) is 22.1. The number of carbonyl (C=O) groups is 2. The largest absolute Gasteiger partial charge is 0.466 e. The Morgan fingerprint density at radius 2 is 0.653 bits per heavy atom. The zero-order chi connectivity index (χ0) is 52.2. The average molecular weight is 1010 g/mol. The molecular weight excluding hydrogens is 887 g/mol. The van der Waals surface area contributed by atoms with Crippen LogP contribution in [-0.4, -0.2) is 47.4 Å². The highest BCUT2D eigenvalue weighted by Gasteiger charge is 2.18.